The summed E-state index contributed by atoms with van der Waals surface area (Å²) in [5, 5.41) is 13.2. The van der Waals surface area contributed by atoms with E-state index in [2.05, 4.69) is 5.32 Å². The number of hydrogen-bond donors (Lipinski definition) is 2. The molecular formula is C19H15NO4. The zero-order valence-corrected chi connectivity index (χ0v) is 12.7. The summed E-state index contributed by atoms with van der Waals surface area (Å²) in [4.78, 5) is 23.0. The van der Waals surface area contributed by atoms with Crippen LogP contribution in [0.1, 0.15) is 15.9 Å². The van der Waals surface area contributed by atoms with Crippen LogP contribution in [0.5, 0.6) is 0 Å². The highest BCUT2D eigenvalue weighted by Gasteiger charge is 2.09. The highest BCUT2D eigenvalue weighted by atomic mass is 16.5. The largest absolute Gasteiger partial charge is 0.478 e. The van der Waals surface area contributed by atoms with Gasteiger partial charge in [-0.3, -0.25) is 5.32 Å². The standard InChI is InChI=1S/C19H15NO4/c21-18(22)15-9-10-16-14(11-15)7-4-8-17(16)20-19(23)24-12-13-5-2-1-3-6-13/h1-11H,12H2,(H,20,23)(H,21,22). The number of carboxylic acids is 1. The Morgan fingerprint density at radius 2 is 1.75 bits per heavy atom. The summed E-state index contributed by atoms with van der Waals surface area (Å²) in [6.45, 7) is 0.181. The van der Waals surface area contributed by atoms with Gasteiger partial charge in [0.15, 0.2) is 0 Å². The lowest BCUT2D eigenvalue weighted by Gasteiger charge is -2.10. The third kappa shape index (κ3) is 3.52. The van der Waals surface area contributed by atoms with Crippen molar-refractivity contribution in [3.05, 3.63) is 77.9 Å². The molecule has 24 heavy (non-hydrogen) atoms. The molecule has 2 N–H and O–H groups in total. The maximum atomic E-state index is 12.0. The molecule has 0 heterocycles. The number of carboxylic acid groups (broad SMARTS) is 1. The first kappa shape index (κ1) is 15.6. The maximum absolute atomic E-state index is 12.0. The number of fused-ring (bicyclic) bond motifs is 1. The molecule has 0 aliphatic rings. The van der Waals surface area contributed by atoms with Gasteiger partial charge < -0.3 is 9.84 Å². The van der Waals surface area contributed by atoms with Gasteiger partial charge in [-0.2, -0.15) is 0 Å². The van der Waals surface area contributed by atoms with Gasteiger partial charge >= 0.3 is 12.1 Å². The number of amides is 1. The van der Waals surface area contributed by atoms with Crippen LogP contribution in [0.3, 0.4) is 0 Å². The van der Waals surface area contributed by atoms with Gasteiger partial charge in [0.2, 0.25) is 0 Å². The molecule has 0 bridgehead atoms. The average Bonchev–Trinajstić information content (AvgIpc) is 2.60. The number of rotatable bonds is 4. The maximum Gasteiger partial charge on any atom is 0.411 e. The van der Waals surface area contributed by atoms with E-state index in [0.717, 1.165) is 16.3 Å². The number of benzene rings is 3. The molecule has 3 aromatic rings. The van der Waals surface area contributed by atoms with Crippen LogP contribution in [0.4, 0.5) is 10.5 Å². The second kappa shape index (κ2) is 6.83. The molecule has 0 atom stereocenters. The number of nitrogens with one attached hydrogen (secondary N) is 1. The lowest BCUT2D eigenvalue weighted by Crippen LogP contribution is -2.13. The highest BCUT2D eigenvalue weighted by Crippen LogP contribution is 2.24. The number of aromatic carboxylic acids is 1. The second-order valence-corrected chi connectivity index (χ2v) is 5.23. The van der Waals surface area contributed by atoms with Crippen LogP contribution < -0.4 is 5.32 Å². The van der Waals surface area contributed by atoms with Gasteiger partial charge in [-0.05, 0) is 29.1 Å². The second-order valence-electron chi connectivity index (χ2n) is 5.23. The number of carbonyl (C=O) groups is 2. The Hall–Kier alpha value is -3.34. The van der Waals surface area contributed by atoms with Gasteiger partial charge in [-0.15, -0.1) is 0 Å². The summed E-state index contributed by atoms with van der Waals surface area (Å²) in [5.41, 5.74) is 1.67. The minimum atomic E-state index is -0.988. The van der Waals surface area contributed by atoms with Crippen LogP contribution in [-0.4, -0.2) is 17.2 Å². The Morgan fingerprint density at radius 3 is 2.50 bits per heavy atom. The third-order valence-corrected chi connectivity index (χ3v) is 3.58. The normalized spacial score (nSPS) is 10.3. The summed E-state index contributed by atoms with van der Waals surface area (Å²) in [6, 6.07) is 19.4. The summed E-state index contributed by atoms with van der Waals surface area (Å²) in [7, 11) is 0. The summed E-state index contributed by atoms with van der Waals surface area (Å²) < 4.78 is 5.20. The van der Waals surface area contributed by atoms with Gasteiger partial charge in [-0.1, -0.05) is 48.5 Å². The van der Waals surface area contributed by atoms with E-state index in [4.69, 9.17) is 9.84 Å². The fourth-order valence-corrected chi connectivity index (χ4v) is 2.39. The van der Waals surface area contributed by atoms with Crippen molar-refractivity contribution in [1.82, 2.24) is 0 Å². The number of carbonyl (C=O) groups excluding carboxylic acids is 1. The van der Waals surface area contributed by atoms with E-state index >= 15 is 0 Å². The van der Waals surface area contributed by atoms with E-state index in [1.54, 1.807) is 30.3 Å². The fraction of sp³-hybridized carbons (Fsp3) is 0.0526. The summed E-state index contributed by atoms with van der Waals surface area (Å²) >= 11 is 0. The van der Waals surface area contributed by atoms with Crippen molar-refractivity contribution in [3.8, 4) is 0 Å². The third-order valence-electron chi connectivity index (χ3n) is 3.58. The number of hydrogen-bond acceptors (Lipinski definition) is 3. The fourth-order valence-electron chi connectivity index (χ4n) is 2.39. The van der Waals surface area contributed by atoms with Gasteiger partial charge in [0, 0.05) is 5.39 Å². The smallest absolute Gasteiger partial charge is 0.411 e. The molecule has 5 nitrogen and oxygen atoms in total. The first-order chi connectivity index (χ1) is 11.6. The predicted molar refractivity (Wildman–Crippen MR) is 91.2 cm³/mol. The van der Waals surface area contributed by atoms with Crippen LogP contribution in [0, 0.1) is 0 Å². The molecule has 0 unspecified atom stereocenters. The van der Waals surface area contributed by atoms with Crippen LogP contribution in [-0.2, 0) is 11.3 Å². The molecule has 0 saturated heterocycles. The Morgan fingerprint density at radius 1 is 0.958 bits per heavy atom. The molecule has 0 spiro atoms. The Balaban J connectivity index is 1.74. The molecule has 0 aliphatic carbocycles. The van der Waals surface area contributed by atoms with Crippen molar-refractivity contribution < 1.29 is 19.4 Å². The molecule has 0 saturated carbocycles. The minimum Gasteiger partial charge on any atom is -0.478 e. The van der Waals surface area contributed by atoms with Gasteiger partial charge in [-0.25, -0.2) is 9.59 Å². The van der Waals surface area contributed by atoms with Crippen LogP contribution in [0.25, 0.3) is 10.8 Å². The van der Waals surface area contributed by atoms with E-state index < -0.39 is 12.1 Å². The van der Waals surface area contributed by atoms with E-state index in [0.29, 0.717) is 5.69 Å². The molecule has 3 rings (SSSR count). The van der Waals surface area contributed by atoms with E-state index in [1.807, 2.05) is 30.3 Å². The zero-order chi connectivity index (χ0) is 16.9. The van der Waals surface area contributed by atoms with Crippen molar-refractivity contribution in [2.45, 2.75) is 6.61 Å². The minimum absolute atomic E-state index is 0.181. The lowest BCUT2D eigenvalue weighted by atomic mass is 10.1. The zero-order valence-electron chi connectivity index (χ0n) is 12.7. The summed E-state index contributed by atoms with van der Waals surface area (Å²) in [5.74, 6) is -0.988. The Labute approximate surface area is 138 Å². The van der Waals surface area contributed by atoms with Gasteiger partial charge in [0.1, 0.15) is 6.61 Å². The van der Waals surface area contributed by atoms with Gasteiger partial charge in [0.25, 0.3) is 0 Å². The predicted octanol–water partition coefficient (Wildman–Crippen LogP) is 4.29. The van der Waals surface area contributed by atoms with E-state index in [1.165, 1.54) is 6.07 Å². The quantitative estimate of drug-likeness (QED) is 0.752. The van der Waals surface area contributed by atoms with Crippen LogP contribution in [0.15, 0.2) is 66.7 Å². The molecule has 0 aliphatic heterocycles. The van der Waals surface area contributed by atoms with Crippen molar-refractivity contribution in [2.24, 2.45) is 0 Å². The van der Waals surface area contributed by atoms with E-state index in [-0.39, 0.29) is 12.2 Å². The highest BCUT2D eigenvalue weighted by molar-refractivity contribution is 6.02. The van der Waals surface area contributed by atoms with Gasteiger partial charge in [0.05, 0.1) is 11.3 Å². The molecule has 120 valence electrons. The average molecular weight is 321 g/mol. The van der Waals surface area contributed by atoms with Crippen molar-refractivity contribution in [1.29, 1.82) is 0 Å². The lowest BCUT2D eigenvalue weighted by molar-refractivity contribution is 0.0697. The van der Waals surface area contributed by atoms with Crippen LogP contribution >= 0.6 is 0 Å². The first-order valence-electron chi connectivity index (χ1n) is 7.37. The molecule has 0 radical (unpaired) electrons. The SMILES string of the molecule is O=C(Nc1cccc2cc(C(=O)O)ccc12)OCc1ccccc1. The van der Waals surface area contributed by atoms with E-state index in [9.17, 15) is 9.59 Å². The topological polar surface area (TPSA) is 75.6 Å². The number of anilines is 1. The molecule has 0 aromatic heterocycles. The molecule has 0 fully saturated rings. The molecule has 1 amide bonds. The molecule has 5 heteroatoms. The van der Waals surface area contributed by atoms with Crippen molar-refractivity contribution in [2.75, 3.05) is 5.32 Å². The van der Waals surface area contributed by atoms with Crippen LogP contribution in [0.2, 0.25) is 0 Å². The van der Waals surface area contributed by atoms with Crippen molar-refractivity contribution in [3.63, 3.8) is 0 Å². The molecular weight excluding hydrogens is 306 g/mol. The Kier molecular flexibility index (Phi) is 4.43. The monoisotopic (exact) mass is 321 g/mol. The van der Waals surface area contributed by atoms with Crippen molar-refractivity contribution >= 4 is 28.5 Å². The first-order valence-corrected chi connectivity index (χ1v) is 7.37. The number of ether oxygens (including phenoxy) is 1. The summed E-state index contributed by atoms with van der Waals surface area (Å²) in [6.07, 6.45) is -0.561. The Bertz CT molecular complexity index is 890. The molecule has 3 aromatic carbocycles.